The number of Topliss-reactive ketones (excluding diaryl/α,β-unsaturated/α-hetero) is 2. The lowest BCUT2D eigenvalue weighted by atomic mass is 9.64. The molecule has 3 aliphatic rings. The van der Waals surface area contributed by atoms with E-state index in [9.17, 15) is 14.4 Å². The number of ether oxygens (including phenoxy) is 3. The molecule has 134 valence electrons. The zero-order valence-corrected chi connectivity index (χ0v) is 15.0. The lowest BCUT2D eigenvalue weighted by molar-refractivity contribution is -0.185. The molecular weight excluding hydrogens is 312 g/mol. The summed E-state index contributed by atoms with van der Waals surface area (Å²) in [6, 6.07) is 0. The van der Waals surface area contributed by atoms with E-state index in [4.69, 9.17) is 14.2 Å². The number of ketones is 2. The largest absolute Gasteiger partial charge is 0.459 e. The van der Waals surface area contributed by atoms with Gasteiger partial charge in [-0.15, -0.1) is 0 Å². The molecule has 4 atom stereocenters. The second-order valence-electron chi connectivity index (χ2n) is 8.58. The van der Waals surface area contributed by atoms with Gasteiger partial charge >= 0.3 is 5.97 Å². The molecule has 0 unspecified atom stereocenters. The smallest absolute Gasteiger partial charge is 0.321 e. The van der Waals surface area contributed by atoms with Crippen molar-refractivity contribution in [1.29, 1.82) is 0 Å². The molecule has 1 heterocycles. The fraction of sp³-hybridized carbons (Fsp3) is 0.833. The molecule has 6 nitrogen and oxygen atoms in total. The van der Waals surface area contributed by atoms with Crippen molar-refractivity contribution in [2.75, 3.05) is 6.61 Å². The van der Waals surface area contributed by atoms with Gasteiger partial charge in [0, 0.05) is 24.7 Å². The summed E-state index contributed by atoms with van der Waals surface area (Å²) in [7, 11) is 0. The topological polar surface area (TPSA) is 78.9 Å². The van der Waals surface area contributed by atoms with E-state index in [1.54, 1.807) is 34.6 Å². The van der Waals surface area contributed by atoms with Crippen LogP contribution in [0.4, 0.5) is 0 Å². The number of hydrogen-bond donors (Lipinski definition) is 0. The number of rotatable bonds is 2. The molecular formula is C18H26O6. The molecule has 0 aromatic rings. The molecule has 3 rings (SSSR count). The predicted molar refractivity (Wildman–Crippen MR) is 84.0 cm³/mol. The van der Waals surface area contributed by atoms with Gasteiger partial charge < -0.3 is 14.2 Å². The molecule has 24 heavy (non-hydrogen) atoms. The van der Waals surface area contributed by atoms with E-state index >= 15 is 0 Å². The minimum Gasteiger partial charge on any atom is -0.459 e. The van der Waals surface area contributed by atoms with Gasteiger partial charge in [0.15, 0.2) is 11.6 Å². The summed E-state index contributed by atoms with van der Waals surface area (Å²) in [5.41, 5.74) is -2.14. The Balaban J connectivity index is 2.00. The zero-order chi connectivity index (χ0) is 17.9. The Labute approximate surface area is 142 Å². The molecule has 0 spiro atoms. The van der Waals surface area contributed by atoms with E-state index in [0.29, 0.717) is 6.42 Å². The Morgan fingerprint density at radius 1 is 1.25 bits per heavy atom. The van der Waals surface area contributed by atoms with Gasteiger partial charge in [-0.05, 0) is 41.0 Å². The molecule has 0 N–H and O–H groups in total. The van der Waals surface area contributed by atoms with Gasteiger partial charge in [0.1, 0.15) is 16.8 Å². The number of hydrogen-bond acceptors (Lipinski definition) is 6. The minimum atomic E-state index is -1.41. The van der Waals surface area contributed by atoms with Crippen molar-refractivity contribution < 1.29 is 28.6 Å². The highest BCUT2D eigenvalue weighted by atomic mass is 16.7. The van der Waals surface area contributed by atoms with Gasteiger partial charge in [-0.1, -0.05) is 0 Å². The summed E-state index contributed by atoms with van der Waals surface area (Å²) in [6.45, 7) is 9.14. The van der Waals surface area contributed by atoms with Crippen LogP contribution in [0.25, 0.3) is 0 Å². The monoisotopic (exact) mass is 338 g/mol. The summed E-state index contributed by atoms with van der Waals surface area (Å²) in [5, 5.41) is 0. The van der Waals surface area contributed by atoms with Crippen LogP contribution in [-0.2, 0) is 28.6 Å². The fourth-order valence-electron chi connectivity index (χ4n) is 4.36. The lowest BCUT2D eigenvalue weighted by Crippen LogP contribution is -2.53. The Hall–Kier alpha value is -1.27. The Kier molecular flexibility index (Phi) is 3.92. The SMILES string of the molecule is CC(C)(C)OC(=O)[C@@]12CC(=O)[C@@H](CCC1=O)[C@H]2[C@H]1COC(C)(C)O1. The Morgan fingerprint density at radius 3 is 2.46 bits per heavy atom. The molecule has 2 aliphatic carbocycles. The molecule has 3 fully saturated rings. The average molecular weight is 338 g/mol. The van der Waals surface area contributed by atoms with E-state index in [1.165, 1.54) is 0 Å². The third kappa shape index (κ3) is 2.69. The van der Waals surface area contributed by atoms with Crippen LogP contribution >= 0.6 is 0 Å². The summed E-state index contributed by atoms with van der Waals surface area (Å²) in [5.74, 6) is -2.43. The van der Waals surface area contributed by atoms with Crippen LogP contribution in [0.2, 0.25) is 0 Å². The maximum absolute atomic E-state index is 13.0. The van der Waals surface area contributed by atoms with Crippen molar-refractivity contribution in [1.82, 2.24) is 0 Å². The maximum Gasteiger partial charge on any atom is 0.321 e. The van der Waals surface area contributed by atoms with Crippen molar-refractivity contribution >= 4 is 17.5 Å². The number of fused-ring (bicyclic) bond motifs is 2. The minimum absolute atomic E-state index is 0.0370. The van der Waals surface area contributed by atoms with E-state index in [2.05, 4.69) is 0 Å². The molecule has 1 aliphatic heterocycles. The zero-order valence-electron chi connectivity index (χ0n) is 15.0. The van der Waals surface area contributed by atoms with Crippen LogP contribution in [0.5, 0.6) is 0 Å². The number of carbonyl (C=O) groups excluding carboxylic acids is 3. The molecule has 2 bridgehead atoms. The van der Waals surface area contributed by atoms with Crippen LogP contribution < -0.4 is 0 Å². The van der Waals surface area contributed by atoms with E-state index in [-0.39, 0.29) is 36.9 Å². The molecule has 0 aromatic carbocycles. The first-order valence-electron chi connectivity index (χ1n) is 8.57. The first kappa shape index (κ1) is 17.5. The molecule has 1 saturated heterocycles. The summed E-state index contributed by atoms with van der Waals surface area (Å²) in [6.07, 6.45) is 0.195. The van der Waals surface area contributed by atoms with Gasteiger partial charge in [0.25, 0.3) is 0 Å². The van der Waals surface area contributed by atoms with Crippen molar-refractivity contribution in [3.63, 3.8) is 0 Å². The van der Waals surface area contributed by atoms with Crippen LogP contribution in [0.3, 0.4) is 0 Å². The molecule has 0 radical (unpaired) electrons. The quantitative estimate of drug-likeness (QED) is 0.566. The van der Waals surface area contributed by atoms with E-state index in [1.807, 2.05) is 0 Å². The van der Waals surface area contributed by atoms with Crippen molar-refractivity contribution in [2.45, 2.75) is 71.4 Å². The molecule has 0 amide bonds. The van der Waals surface area contributed by atoms with Gasteiger partial charge in [-0.3, -0.25) is 14.4 Å². The van der Waals surface area contributed by atoms with Gasteiger partial charge in [0.05, 0.1) is 12.7 Å². The van der Waals surface area contributed by atoms with Crippen LogP contribution in [0, 0.1) is 17.3 Å². The third-order valence-electron chi connectivity index (χ3n) is 5.24. The second-order valence-corrected chi connectivity index (χ2v) is 8.58. The number of carbonyl (C=O) groups is 3. The normalized spacial score (nSPS) is 38.5. The predicted octanol–water partition coefficient (Wildman–Crippen LogP) is 2.03. The highest BCUT2D eigenvalue weighted by molar-refractivity contribution is 6.12. The summed E-state index contributed by atoms with van der Waals surface area (Å²) >= 11 is 0. The highest BCUT2D eigenvalue weighted by Crippen LogP contribution is 2.56. The van der Waals surface area contributed by atoms with E-state index in [0.717, 1.165) is 0 Å². The van der Waals surface area contributed by atoms with Crippen molar-refractivity contribution in [3.8, 4) is 0 Å². The second kappa shape index (κ2) is 5.36. The highest BCUT2D eigenvalue weighted by Gasteiger charge is 2.68. The van der Waals surface area contributed by atoms with Gasteiger partial charge in [0.2, 0.25) is 0 Å². The molecule has 0 aromatic heterocycles. The van der Waals surface area contributed by atoms with Gasteiger partial charge in [-0.25, -0.2) is 0 Å². The first-order valence-corrected chi connectivity index (χ1v) is 8.57. The van der Waals surface area contributed by atoms with Crippen LogP contribution in [-0.4, -0.2) is 41.6 Å². The molecule has 2 saturated carbocycles. The average Bonchev–Trinajstić information content (AvgIpc) is 2.88. The first-order chi connectivity index (χ1) is 11.0. The molecule has 6 heteroatoms. The van der Waals surface area contributed by atoms with Crippen molar-refractivity contribution in [3.05, 3.63) is 0 Å². The Morgan fingerprint density at radius 2 is 1.92 bits per heavy atom. The lowest BCUT2D eigenvalue weighted by Gasteiger charge is -2.40. The number of esters is 1. The van der Waals surface area contributed by atoms with Crippen LogP contribution in [0.1, 0.15) is 53.9 Å². The van der Waals surface area contributed by atoms with E-state index < -0.39 is 34.8 Å². The summed E-state index contributed by atoms with van der Waals surface area (Å²) in [4.78, 5) is 38.4. The third-order valence-corrected chi connectivity index (χ3v) is 5.24. The summed E-state index contributed by atoms with van der Waals surface area (Å²) < 4.78 is 17.1. The maximum atomic E-state index is 13.0. The Bertz CT molecular complexity index is 587. The van der Waals surface area contributed by atoms with Gasteiger partial charge in [-0.2, -0.15) is 0 Å². The van der Waals surface area contributed by atoms with Crippen LogP contribution in [0.15, 0.2) is 0 Å². The van der Waals surface area contributed by atoms with Crippen molar-refractivity contribution in [2.24, 2.45) is 17.3 Å². The fourth-order valence-corrected chi connectivity index (χ4v) is 4.36. The standard InChI is InChI=1S/C18H26O6/c1-16(2,3)24-15(21)18-8-11(19)10(6-7-13(18)20)14(18)12-9-22-17(4,5)23-12/h10,12,14H,6-9H2,1-5H3/t10-,12-,14+,18+/m1/s1.